The lowest BCUT2D eigenvalue weighted by Gasteiger charge is -2.04. The number of nitrogen functional groups attached to an aromatic ring is 1. The van der Waals surface area contributed by atoms with E-state index in [0.29, 0.717) is 0 Å². The summed E-state index contributed by atoms with van der Waals surface area (Å²) in [4.78, 5) is 10.9. The summed E-state index contributed by atoms with van der Waals surface area (Å²) in [6.07, 6.45) is 1.29. The monoisotopic (exact) mass is 171 g/mol. The molecule has 66 valence electrons. The van der Waals surface area contributed by atoms with Crippen LogP contribution in [0.3, 0.4) is 0 Å². The summed E-state index contributed by atoms with van der Waals surface area (Å²) < 4.78 is 5.79. The van der Waals surface area contributed by atoms with Gasteiger partial charge in [-0.3, -0.25) is 10.2 Å². The number of hydrogen-bond donors (Lipinski definition) is 2. The third-order valence-electron chi connectivity index (χ3n) is 1.09. The minimum atomic E-state index is -0.316. The number of hydrogen-bond acceptors (Lipinski definition) is 5. The Morgan fingerprint density at radius 3 is 3.17 bits per heavy atom. The highest BCUT2D eigenvalue weighted by atomic mass is 16.5. The quantitative estimate of drug-likeness (QED) is 0.581. The number of ether oxygens (including phenoxy) is 1. The molecule has 0 fully saturated rings. The van der Waals surface area contributed by atoms with Gasteiger partial charge >= 0.3 is 0 Å². The zero-order chi connectivity index (χ0) is 8.97. The minimum Gasteiger partial charge on any atom is -0.375 e. The second kappa shape index (κ2) is 3.67. The predicted molar refractivity (Wildman–Crippen MR) is 40.7 cm³/mol. The number of carbonyl (C=O) groups is 1. The van der Waals surface area contributed by atoms with E-state index in [-0.39, 0.29) is 18.5 Å². The number of carbonyl (C=O) groups excluding carboxylic acids is 1. The summed E-state index contributed by atoms with van der Waals surface area (Å²) >= 11 is 0. The molecular formula is C5H9N5O2. The van der Waals surface area contributed by atoms with E-state index in [9.17, 15) is 4.79 Å². The van der Waals surface area contributed by atoms with E-state index in [0.717, 1.165) is 0 Å². The molecule has 0 aliphatic heterocycles. The molecule has 7 heteroatoms. The van der Waals surface area contributed by atoms with Crippen LogP contribution in [0.5, 0.6) is 0 Å². The highest BCUT2D eigenvalue weighted by molar-refractivity contribution is 5.85. The van der Waals surface area contributed by atoms with Crippen molar-refractivity contribution < 1.29 is 9.53 Å². The fraction of sp³-hybridized carbons (Fsp3) is 0.400. The third-order valence-corrected chi connectivity index (χ3v) is 1.09. The lowest BCUT2D eigenvalue weighted by molar-refractivity contribution is -0.120. The van der Waals surface area contributed by atoms with Crippen molar-refractivity contribution in [1.29, 1.82) is 0 Å². The largest absolute Gasteiger partial charge is 0.375 e. The van der Waals surface area contributed by atoms with Crippen molar-refractivity contribution in [2.45, 2.75) is 0 Å². The van der Waals surface area contributed by atoms with Crippen molar-refractivity contribution in [3.05, 3.63) is 6.33 Å². The molecule has 0 saturated carbocycles. The van der Waals surface area contributed by atoms with E-state index in [2.05, 4.69) is 20.4 Å². The fourth-order valence-corrected chi connectivity index (χ4v) is 0.628. The second-order valence-corrected chi connectivity index (χ2v) is 2.03. The molecule has 1 aromatic rings. The molecule has 0 unspecified atom stereocenters. The molecule has 7 nitrogen and oxygen atoms in total. The first kappa shape index (κ1) is 8.47. The lowest BCUT2D eigenvalue weighted by Crippen LogP contribution is -2.26. The molecule has 0 spiro atoms. The van der Waals surface area contributed by atoms with Crippen molar-refractivity contribution in [3.63, 3.8) is 0 Å². The van der Waals surface area contributed by atoms with Crippen molar-refractivity contribution in [2.75, 3.05) is 24.9 Å². The van der Waals surface area contributed by atoms with E-state index < -0.39 is 0 Å². The van der Waals surface area contributed by atoms with Crippen LogP contribution in [0, 0.1) is 0 Å². The van der Waals surface area contributed by atoms with Gasteiger partial charge in [-0.25, -0.2) is 4.68 Å². The first-order valence-corrected chi connectivity index (χ1v) is 3.18. The number of aromatic nitrogens is 3. The van der Waals surface area contributed by atoms with Crippen LogP contribution in [0.4, 0.5) is 5.95 Å². The van der Waals surface area contributed by atoms with Crippen LogP contribution in [0.1, 0.15) is 0 Å². The Kier molecular flexibility index (Phi) is 2.59. The maximum Gasteiger partial charge on any atom is 0.264 e. The van der Waals surface area contributed by atoms with Gasteiger partial charge in [-0.1, -0.05) is 0 Å². The Bertz CT molecular complexity index is 271. The molecule has 0 bridgehead atoms. The van der Waals surface area contributed by atoms with Gasteiger partial charge in [-0.2, -0.15) is 0 Å². The highest BCUT2D eigenvalue weighted by Gasteiger charge is 2.03. The maximum atomic E-state index is 10.9. The van der Waals surface area contributed by atoms with E-state index in [1.54, 1.807) is 0 Å². The molecule has 1 heterocycles. The molecule has 0 radical (unpaired) electrons. The van der Waals surface area contributed by atoms with Crippen molar-refractivity contribution in [1.82, 2.24) is 14.9 Å². The van der Waals surface area contributed by atoms with Crippen molar-refractivity contribution in [2.24, 2.45) is 0 Å². The van der Waals surface area contributed by atoms with Crippen LogP contribution in [0.25, 0.3) is 0 Å². The van der Waals surface area contributed by atoms with Gasteiger partial charge in [0.2, 0.25) is 5.95 Å². The molecule has 12 heavy (non-hydrogen) atoms. The average Bonchev–Trinajstić information content (AvgIpc) is 2.37. The molecule has 0 aliphatic carbocycles. The zero-order valence-electron chi connectivity index (χ0n) is 6.52. The summed E-state index contributed by atoms with van der Waals surface area (Å²) in [6.45, 7) is -0.0301. The summed E-state index contributed by atoms with van der Waals surface area (Å²) in [7, 11) is 1.43. The molecule has 0 saturated heterocycles. The second-order valence-electron chi connectivity index (χ2n) is 2.03. The van der Waals surface area contributed by atoms with E-state index in [1.807, 2.05) is 0 Å². The zero-order valence-corrected chi connectivity index (χ0v) is 6.52. The molecule has 3 N–H and O–H groups in total. The van der Waals surface area contributed by atoms with Crippen molar-refractivity contribution in [3.8, 4) is 0 Å². The van der Waals surface area contributed by atoms with Crippen LogP contribution >= 0.6 is 0 Å². The van der Waals surface area contributed by atoms with Gasteiger partial charge in [0.05, 0.1) is 0 Å². The van der Waals surface area contributed by atoms with E-state index in [4.69, 9.17) is 5.73 Å². The Hall–Kier alpha value is -1.63. The topological polar surface area (TPSA) is 95.1 Å². The molecule has 1 rings (SSSR count). The average molecular weight is 171 g/mol. The number of nitrogens with zero attached hydrogens (tertiary/aromatic N) is 3. The van der Waals surface area contributed by atoms with Gasteiger partial charge in [0.1, 0.15) is 12.9 Å². The van der Waals surface area contributed by atoms with E-state index >= 15 is 0 Å². The van der Waals surface area contributed by atoms with E-state index in [1.165, 1.54) is 18.1 Å². The smallest absolute Gasteiger partial charge is 0.264 e. The first-order valence-electron chi connectivity index (χ1n) is 3.18. The summed E-state index contributed by atoms with van der Waals surface area (Å²) in [5.41, 5.74) is 7.71. The van der Waals surface area contributed by atoms with Gasteiger partial charge in [0.15, 0.2) is 0 Å². The van der Waals surface area contributed by atoms with Gasteiger partial charge in [0.25, 0.3) is 5.91 Å². The predicted octanol–water partition coefficient (Wildman–Crippen LogP) is -1.42. The minimum absolute atomic E-state index is 0.0301. The highest BCUT2D eigenvalue weighted by Crippen LogP contribution is 1.90. The maximum absolute atomic E-state index is 10.9. The van der Waals surface area contributed by atoms with Gasteiger partial charge in [-0.15, -0.1) is 10.2 Å². The summed E-state index contributed by atoms with van der Waals surface area (Å²) in [5.74, 6) is -0.191. The molecule has 0 atom stereocenters. The Morgan fingerprint density at radius 1 is 1.92 bits per heavy atom. The number of nitrogens with two attached hydrogens (primary N) is 1. The standard InChI is InChI=1S/C5H9N5O2/c1-12-2-4(11)9-10-3-7-8-5(10)6/h3H,2H2,1H3,(H2,6,8)(H,9,11). The first-order chi connectivity index (χ1) is 5.74. The number of rotatable bonds is 3. The number of nitrogens with one attached hydrogen (secondary N) is 1. The summed E-state index contributed by atoms with van der Waals surface area (Å²) in [6, 6.07) is 0. The number of methoxy groups -OCH3 is 1. The Balaban J connectivity index is 2.52. The number of anilines is 1. The van der Waals surface area contributed by atoms with Gasteiger partial charge in [-0.05, 0) is 0 Å². The molecular weight excluding hydrogens is 162 g/mol. The van der Waals surface area contributed by atoms with Crippen LogP contribution < -0.4 is 11.2 Å². The normalized spacial score (nSPS) is 9.75. The molecule has 1 amide bonds. The van der Waals surface area contributed by atoms with Crippen LogP contribution in [-0.2, 0) is 9.53 Å². The summed E-state index contributed by atoms with van der Waals surface area (Å²) in [5, 5.41) is 6.93. The third kappa shape index (κ3) is 1.92. The Labute approximate surface area is 68.5 Å². The van der Waals surface area contributed by atoms with Gasteiger partial charge in [0, 0.05) is 7.11 Å². The van der Waals surface area contributed by atoms with Crippen molar-refractivity contribution >= 4 is 11.9 Å². The molecule has 0 aromatic carbocycles. The van der Waals surface area contributed by atoms with Crippen LogP contribution in [0.2, 0.25) is 0 Å². The SMILES string of the molecule is COCC(=O)Nn1cnnc1N. The number of amides is 1. The molecule has 1 aromatic heterocycles. The molecule has 0 aliphatic rings. The Morgan fingerprint density at radius 2 is 2.67 bits per heavy atom. The van der Waals surface area contributed by atoms with Crippen LogP contribution in [-0.4, -0.2) is 34.5 Å². The van der Waals surface area contributed by atoms with Gasteiger partial charge < -0.3 is 10.5 Å². The lowest BCUT2D eigenvalue weighted by atomic mass is 10.7. The fourth-order valence-electron chi connectivity index (χ4n) is 0.628. The van der Waals surface area contributed by atoms with Crippen LogP contribution in [0.15, 0.2) is 6.33 Å².